The van der Waals surface area contributed by atoms with E-state index >= 15 is 0 Å². The summed E-state index contributed by atoms with van der Waals surface area (Å²) in [6.45, 7) is 4.09. The number of carbonyl (C=O) groups excluding carboxylic acids is 1. The highest BCUT2D eigenvalue weighted by atomic mass is 79.9. The van der Waals surface area contributed by atoms with Gasteiger partial charge in [0.25, 0.3) is 0 Å². The van der Waals surface area contributed by atoms with Crippen LogP contribution in [-0.2, 0) is 4.79 Å². The van der Waals surface area contributed by atoms with Crippen LogP contribution >= 0.6 is 15.9 Å². The van der Waals surface area contributed by atoms with Crippen molar-refractivity contribution in [3.63, 3.8) is 0 Å². The van der Waals surface area contributed by atoms with Gasteiger partial charge in [0.15, 0.2) is 0 Å². The number of rotatable bonds is 4. The van der Waals surface area contributed by atoms with Crippen molar-refractivity contribution in [2.24, 2.45) is 5.92 Å². The molecule has 0 aliphatic heterocycles. The second kappa shape index (κ2) is 5.87. The van der Waals surface area contributed by atoms with Crippen LogP contribution in [0.2, 0.25) is 0 Å². The Hall–Kier alpha value is -0.840. The van der Waals surface area contributed by atoms with Crippen LogP contribution in [0, 0.1) is 5.92 Å². The van der Waals surface area contributed by atoms with Gasteiger partial charge in [-0.25, -0.2) is 4.98 Å². The second-order valence-corrected chi connectivity index (χ2v) is 6.26. The normalized spacial score (nSPS) is 25.3. The summed E-state index contributed by atoms with van der Waals surface area (Å²) in [5.74, 6) is 0.403. The molecule has 1 amide bonds. The van der Waals surface area contributed by atoms with Crippen molar-refractivity contribution in [1.82, 2.24) is 14.9 Å². The maximum absolute atomic E-state index is 12.1. The average molecular weight is 314 g/mol. The Bertz CT molecular complexity index is 391. The molecule has 18 heavy (non-hydrogen) atoms. The molecule has 1 heterocycles. The summed E-state index contributed by atoms with van der Waals surface area (Å²) in [6, 6.07) is 0.578. The van der Waals surface area contributed by atoms with E-state index in [0.717, 1.165) is 19.3 Å². The maximum Gasteiger partial charge on any atom is 0.234 e. The summed E-state index contributed by atoms with van der Waals surface area (Å²) in [6.07, 6.45) is 8.91. The molecule has 3 unspecified atom stereocenters. The van der Waals surface area contributed by atoms with Crippen molar-refractivity contribution < 1.29 is 4.79 Å². The van der Waals surface area contributed by atoms with Gasteiger partial charge in [-0.15, -0.1) is 0 Å². The predicted octanol–water partition coefficient (Wildman–Crippen LogP) is 2.51. The van der Waals surface area contributed by atoms with Crippen molar-refractivity contribution in [3.05, 3.63) is 18.7 Å². The molecule has 1 saturated carbocycles. The minimum atomic E-state index is -0.110. The topological polar surface area (TPSA) is 46.9 Å². The fraction of sp³-hybridized carbons (Fsp3) is 0.692. The minimum absolute atomic E-state index is 0.0991. The monoisotopic (exact) mass is 313 g/mol. The quantitative estimate of drug-likeness (QED) is 0.868. The Morgan fingerprint density at radius 3 is 2.89 bits per heavy atom. The fourth-order valence-electron chi connectivity index (χ4n) is 2.50. The number of imidazole rings is 1. The highest BCUT2D eigenvalue weighted by molar-refractivity contribution is 9.10. The van der Waals surface area contributed by atoms with E-state index in [1.54, 1.807) is 6.20 Å². The van der Waals surface area contributed by atoms with Gasteiger partial charge in [-0.05, 0) is 25.2 Å². The molecule has 0 aromatic carbocycles. The van der Waals surface area contributed by atoms with E-state index in [2.05, 4.69) is 30.8 Å². The summed E-state index contributed by atoms with van der Waals surface area (Å²) < 4.78 is 2.11. The minimum Gasteiger partial charge on any atom is -0.350 e. The van der Waals surface area contributed by atoms with Gasteiger partial charge >= 0.3 is 0 Å². The maximum atomic E-state index is 12.1. The van der Waals surface area contributed by atoms with E-state index in [0.29, 0.717) is 12.0 Å². The van der Waals surface area contributed by atoms with E-state index in [9.17, 15) is 4.79 Å². The van der Waals surface area contributed by atoms with Crippen molar-refractivity contribution in [2.45, 2.75) is 50.0 Å². The first-order valence-electron chi connectivity index (χ1n) is 6.51. The molecule has 0 saturated heterocycles. The van der Waals surface area contributed by atoms with Crippen LogP contribution in [0.1, 0.15) is 39.2 Å². The Morgan fingerprint density at radius 1 is 1.50 bits per heavy atom. The van der Waals surface area contributed by atoms with E-state index in [-0.39, 0.29) is 16.8 Å². The standard InChI is InChI=1S/C13H20BrN3O/c1-9(2)12(14)13(18)16-10-4-3-5-11(10)17-7-6-15-8-17/h6-12H,3-5H2,1-2H3,(H,16,18). The van der Waals surface area contributed by atoms with E-state index in [1.165, 1.54) is 0 Å². The Balaban J connectivity index is 1.98. The van der Waals surface area contributed by atoms with Crippen molar-refractivity contribution in [2.75, 3.05) is 0 Å². The van der Waals surface area contributed by atoms with Gasteiger partial charge in [0.05, 0.1) is 17.2 Å². The zero-order valence-corrected chi connectivity index (χ0v) is 12.4. The molecule has 1 N–H and O–H groups in total. The Kier molecular flexibility index (Phi) is 4.43. The van der Waals surface area contributed by atoms with Crippen LogP contribution in [0.4, 0.5) is 0 Å². The number of hydrogen-bond donors (Lipinski definition) is 1. The number of halogens is 1. The zero-order chi connectivity index (χ0) is 13.1. The Labute approximate surface area is 116 Å². The number of alkyl halides is 1. The molecule has 2 rings (SSSR count). The molecule has 5 heteroatoms. The largest absolute Gasteiger partial charge is 0.350 e. The molecule has 1 aromatic heterocycles. The molecule has 0 spiro atoms. The first-order chi connectivity index (χ1) is 8.59. The SMILES string of the molecule is CC(C)C(Br)C(=O)NC1CCCC1n1ccnc1. The predicted molar refractivity (Wildman–Crippen MR) is 74.6 cm³/mol. The lowest BCUT2D eigenvalue weighted by Gasteiger charge is -2.24. The second-order valence-electron chi connectivity index (χ2n) is 5.27. The van der Waals surface area contributed by atoms with Crippen molar-refractivity contribution in [1.29, 1.82) is 0 Å². The molecule has 0 radical (unpaired) electrons. The van der Waals surface area contributed by atoms with E-state index in [1.807, 2.05) is 26.4 Å². The van der Waals surface area contributed by atoms with Gasteiger partial charge in [0.2, 0.25) is 5.91 Å². The molecule has 1 fully saturated rings. The van der Waals surface area contributed by atoms with Gasteiger partial charge in [-0.3, -0.25) is 4.79 Å². The number of aromatic nitrogens is 2. The summed E-state index contributed by atoms with van der Waals surface area (Å²) in [4.78, 5) is 16.0. The molecular formula is C13H20BrN3O. The number of amides is 1. The Morgan fingerprint density at radius 2 is 2.28 bits per heavy atom. The highest BCUT2D eigenvalue weighted by Crippen LogP contribution is 2.30. The lowest BCUT2D eigenvalue weighted by molar-refractivity contribution is -0.122. The molecule has 100 valence electrons. The highest BCUT2D eigenvalue weighted by Gasteiger charge is 2.31. The van der Waals surface area contributed by atoms with Gasteiger partial charge in [0, 0.05) is 18.4 Å². The van der Waals surface area contributed by atoms with E-state index in [4.69, 9.17) is 0 Å². The molecule has 1 aliphatic carbocycles. The summed E-state index contributed by atoms with van der Waals surface area (Å²) >= 11 is 3.45. The van der Waals surface area contributed by atoms with Gasteiger partial charge in [0.1, 0.15) is 0 Å². The van der Waals surface area contributed by atoms with Gasteiger partial charge in [-0.1, -0.05) is 29.8 Å². The van der Waals surface area contributed by atoms with Crippen LogP contribution in [0.5, 0.6) is 0 Å². The third kappa shape index (κ3) is 2.94. The summed E-state index contributed by atoms with van der Waals surface area (Å²) in [5.41, 5.74) is 0. The summed E-state index contributed by atoms with van der Waals surface area (Å²) in [7, 11) is 0. The van der Waals surface area contributed by atoms with Crippen LogP contribution in [0.3, 0.4) is 0 Å². The lowest BCUT2D eigenvalue weighted by atomic mass is 10.1. The van der Waals surface area contributed by atoms with Crippen LogP contribution in [-0.4, -0.2) is 26.3 Å². The first kappa shape index (κ1) is 13.6. The van der Waals surface area contributed by atoms with Crippen LogP contribution in [0.25, 0.3) is 0 Å². The molecule has 3 atom stereocenters. The van der Waals surface area contributed by atoms with Gasteiger partial charge < -0.3 is 9.88 Å². The first-order valence-corrected chi connectivity index (χ1v) is 7.43. The molecule has 4 nitrogen and oxygen atoms in total. The lowest BCUT2D eigenvalue weighted by Crippen LogP contribution is -2.43. The smallest absolute Gasteiger partial charge is 0.234 e. The number of nitrogens with zero attached hydrogens (tertiary/aromatic N) is 2. The number of nitrogens with one attached hydrogen (secondary N) is 1. The van der Waals surface area contributed by atoms with Gasteiger partial charge in [-0.2, -0.15) is 0 Å². The number of carbonyl (C=O) groups is 1. The summed E-state index contributed by atoms with van der Waals surface area (Å²) in [5, 5.41) is 3.16. The third-order valence-electron chi connectivity index (χ3n) is 3.55. The average Bonchev–Trinajstić information content (AvgIpc) is 2.96. The molecular weight excluding hydrogens is 294 g/mol. The van der Waals surface area contributed by atoms with Crippen molar-refractivity contribution in [3.8, 4) is 0 Å². The van der Waals surface area contributed by atoms with Crippen molar-refractivity contribution >= 4 is 21.8 Å². The van der Waals surface area contributed by atoms with E-state index < -0.39 is 0 Å². The van der Waals surface area contributed by atoms with Crippen LogP contribution < -0.4 is 5.32 Å². The fourth-order valence-corrected chi connectivity index (χ4v) is 2.63. The van der Waals surface area contributed by atoms with Crippen LogP contribution in [0.15, 0.2) is 18.7 Å². The third-order valence-corrected chi connectivity index (χ3v) is 5.02. The molecule has 1 aromatic rings. The number of hydrogen-bond acceptors (Lipinski definition) is 2. The zero-order valence-electron chi connectivity index (χ0n) is 10.8. The molecule has 0 bridgehead atoms. The molecule has 1 aliphatic rings.